The van der Waals surface area contributed by atoms with Gasteiger partial charge in [-0.1, -0.05) is 35.9 Å². The molecule has 1 aliphatic carbocycles. The third-order valence-corrected chi connectivity index (χ3v) is 2.34. The Labute approximate surface area is 82.0 Å². The fraction of sp³-hybridized carbons (Fsp3) is 0.182. The van der Waals surface area contributed by atoms with Gasteiger partial charge >= 0.3 is 0 Å². The molecule has 1 aromatic rings. The van der Waals surface area contributed by atoms with Gasteiger partial charge in [-0.15, -0.1) is 0 Å². The Morgan fingerprint density at radius 3 is 2.93 bits per heavy atom. The molecule has 0 saturated heterocycles. The molecular formula is C11H11NO2. The molecule has 0 saturated carbocycles. The van der Waals surface area contributed by atoms with Gasteiger partial charge in [-0.05, 0) is 17.5 Å². The molecule has 0 atom stereocenters. The maximum Gasteiger partial charge on any atom is 0.247 e. The van der Waals surface area contributed by atoms with Crippen LogP contribution in [0.4, 0.5) is 0 Å². The van der Waals surface area contributed by atoms with Crippen LogP contribution in [0.3, 0.4) is 0 Å². The lowest BCUT2D eigenvalue weighted by Crippen LogP contribution is -2.18. The average molecular weight is 189 g/mol. The van der Waals surface area contributed by atoms with Crippen LogP contribution in [0.2, 0.25) is 0 Å². The van der Waals surface area contributed by atoms with Gasteiger partial charge in [0.05, 0.1) is 6.42 Å². The summed E-state index contributed by atoms with van der Waals surface area (Å²) in [5.74, 6) is -0.357. The lowest BCUT2D eigenvalue weighted by Gasteiger charge is -1.99. The molecule has 2 rings (SSSR count). The first-order valence-electron chi connectivity index (χ1n) is 4.50. The van der Waals surface area contributed by atoms with Crippen LogP contribution < -0.4 is 5.48 Å². The van der Waals surface area contributed by atoms with Gasteiger partial charge in [0.15, 0.2) is 0 Å². The van der Waals surface area contributed by atoms with Gasteiger partial charge in [0, 0.05) is 0 Å². The van der Waals surface area contributed by atoms with E-state index in [1.807, 2.05) is 24.3 Å². The zero-order chi connectivity index (χ0) is 9.97. The number of hydroxylamine groups is 1. The summed E-state index contributed by atoms with van der Waals surface area (Å²) < 4.78 is 0. The van der Waals surface area contributed by atoms with Gasteiger partial charge in [0.25, 0.3) is 0 Å². The Balaban J connectivity index is 2.12. The summed E-state index contributed by atoms with van der Waals surface area (Å²) in [6.45, 7) is 0. The van der Waals surface area contributed by atoms with Crippen molar-refractivity contribution >= 4 is 12.0 Å². The topological polar surface area (TPSA) is 49.3 Å². The van der Waals surface area contributed by atoms with Crippen LogP contribution in [-0.4, -0.2) is 11.1 Å². The fourth-order valence-electron chi connectivity index (χ4n) is 1.71. The van der Waals surface area contributed by atoms with Crippen LogP contribution in [-0.2, 0) is 11.2 Å². The quantitative estimate of drug-likeness (QED) is 0.547. The predicted octanol–water partition coefficient (Wildman–Crippen LogP) is 1.52. The first-order valence-corrected chi connectivity index (χ1v) is 4.50. The van der Waals surface area contributed by atoms with Gasteiger partial charge in [-0.3, -0.25) is 10.0 Å². The van der Waals surface area contributed by atoms with E-state index in [1.165, 1.54) is 11.1 Å². The molecule has 0 aliphatic heterocycles. The minimum absolute atomic E-state index is 0.269. The van der Waals surface area contributed by atoms with Crippen molar-refractivity contribution in [2.24, 2.45) is 0 Å². The predicted molar refractivity (Wildman–Crippen MR) is 52.7 cm³/mol. The number of carbonyl (C=O) groups excluding carboxylic acids is 1. The maximum atomic E-state index is 10.9. The molecule has 1 aromatic carbocycles. The minimum atomic E-state index is -0.357. The third-order valence-electron chi connectivity index (χ3n) is 2.34. The lowest BCUT2D eigenvalue weighted by molar-refractivity contribution is -0.128. The molecule has 0 bridgehead atoms. The van der Waals surface area contributed by atoms with Crippen LogP contribution in [0.15, 0.2) is 29.8 Å². The molecule has 0 spiro atoms. The van der Waals surface area contributed by atoms with E-state index in [4.69, 9.17) is 5.21 Å². The summed E-state index contributed by atoms with van der Waals surface area (Å²) in [6, 6.07) is 8.04. The van der Waals surface area contributed by atoms with Gasteiger partial charge in [0.2, 0.25) is 5.91 Å². The number of rotatable bonds is 2. The second kappa shape index (κ2) is 3.64. The average Bonchev–Trinajstić information content (AvgIpc) is 2.59. The molecule has 0 heterocycles. The standard InChI is InChI=1S/C11H11NO2/c13-11(12-14)7-8-5-9-3-1-2-4-10(9)6-8/h1-5,14H,6-7H2,(H,12,13). The third kappa shape index (κ3) is 1.67. The molecule has 72 valence electrons. The van der Waals surface area contributed by atoms with Crippen LogP contribution in [0.25, 0.3) is 6.08 Å². The monoisotopic (exact) mass is 189 g/mol. The van der Waals surface area contributed by atoms with Gasteiger partial charge in [-0.2, -0.15) is 0 Å². The second-order valence-electron chi connectivity index (χ2n) is 3.39. The highest BCUT2D eigenvalue weighted by atomic mass is 16.5. The largest absolute Gasteiger partial charge is 0.289 e. The lowest BCUT2D eigenvalue weighted by atomic mass is 10.1. The van der Waals surface area contributed by atoms with E-state index in [-0.39, 0.29) is 12.3 Å². The highest BCUT2D eigenvalue weighted by Gasteiger charge is 2.13. The molecule has 14 heavy (non-hydrogen) atoms. The van der Waals surface area contributed by atoms with E-state index in [1.54, 1.807) is 5.48 Å². The molecule has 1 aliphatic rings. The van der Waals surface area contributed by atoms with Crippen molar-refractivity contribution in [1.29, 1.82) is 0 Å². The van der Waals surface area contributed by atoms with Crippen molar-refractivity contribution in [3.63, 3.8) is 0 Å². The second-order valence-corrected chi connectivity index (χ2v) is 3.39. The smallest absolute Gasteiger partial charge is 0.247 e. The highest BCUT2D eigenvalue weighted by molar-refractivity contribution is 5.80. The van der Waals surface area contributed by atoms with Crippen LogP contribution in [0.5, 0.6) is 0 Å². The fourth-order valence-corrected chi connectivity index (χ4v) is 1.71. The molecule has 0 unspecified atom stereocenters. The summed E-state index contributed by atoms with van der Waals surface area (Å²) in [5, 5.41) is 8.39. The van der Waals surface area contributed by atoms with E-state index < -0.39 is 0 Å². The molecule has 0 aromatic heterocycles. The number of hydrogen-bond acceptors (Lipinski definition) is 2. The summed E-state index contributed by atoms with van der Waals surface area (Å²) in [6.07, 6.45) is 3.08. The van der Waals surface area contributed by atoms with Gasteiger partial charge in [0.1, 0.15) is 0 Å². The van der Waals surface area contributed by atoms with Crippen LogP contribution in [0.1, 0.15) is 17.5 Å². The van der Waals surface area contributed by atoms with E-state index in [9.17, 15) is 4.79 Å². The number of benzene rings is 1. The van der Waals surface area contributed by atoms with E-state index >= 15 is 0 Å². The van der Waals surface area contributed by atoms with Gasteiger partial charge in [-0.25, -0.2) is 5.48 Å². The zero-order valence-electron chi connectivity index (χ0n) is 7.66. The SMILES string of the molecule is O=C(CC1=Cc2ccccc2C1)NO. The van der Waals surface area contributed by atoms with Gasteiger partial charge < -0.3 is 0 Å². The highest BCUT2D eigenvalue weighted by Crippen LogP contribution is 2.26. The van der Waals surface area contributed by atoms with Crippen molar-refractivity contribution in [3.05, 3.63) is 41.0 Å². The van der Waals surface area contributed by atoms with Crippen LogP contribution in [0, 0.1) is 0 Å². The van der Waals surface area contributed by atoms with Crippen molar-refractivity contribution < 1.29 is 10.0 Å². The van der Waals surface area contributed by atoms with E-state index in [2.05, 4.69) is 6.07 Å². The zero-order valence-corrected chi connectivity index (χ0v) is 7.66. The molecule has 3 heteroatoms. The van der Waals surface area contributed by atoms with Crippen molar-refractivity contribution in [1.82, 2.24) is 5.48 Å². The summed E-state index contributed by atoms with van der Waals surface area (Å²) >= 11 is 0. The molecule has 1 amide bonds. The Morgan fingerprint density at radius 1 is 1.43 bits per heavy atom. The summed E-state index contributed by atoms with van der Waals surface area (Å²) in [5.41, 5.74) is 5.10. The number of nitrogens with one attached hydrogen (secondary N) is 1. The Hall–Kier alpha value is -1.61. The number of carbonyl (C=O) groups is 1. The van der Waals surface area contributed by atoms with Crippen molar-refractivity contribution in [2.75, 3.05) is 0 Å². The first-order chi connectivity index (χ1) is 6.79. The molecule has 0 radical (unpaired) electrons. The van der Waals surface area contributed by atoms with Crippen molar-refractivity contribution in [2.45, 2.75) is 12.8 Å². The minimum Gasteiger partial charge on any atom is -0.289 e. The number of fused-ring (bicyclic) bond motifs is 1. The normalized spacial score (nSPS) is 13.4. The Bertz CT molecular complexity index is 396. The Morgan fingerprint density at radius 2 is 2.21 bits per heavy atom. The first kappa shape index (κ1) is 8.97. The number of amides is 1. The summed E-state index contributed by atoms with van der Waals surface area (Å²) in [4.78, 5) is 10.9. The number of hydrogen-bond donors (Lipinski definition) is 2. The Kier molecular flexibility index (Phi) is 2.33. The molecule has 0 fully saturated rings. The summed E-state index contributed by atoms with van der Waals surface area (Å²) in [7, 11) is 0. The molecule has 2 N–H and O–H groups in total. The molecule has 3 nitrogen and oxygen atoms in total. The van der Waals surface area contributed by atoms with E-state index in [0.29, 0.717) is 0 Å². The van der Waals surface area contributed by atoms with Crippen LogP contribution >= 0.6 is 0 Å². The van der Waals surface area contributed by atoms with Crippen molar-refractivity contribution in [3.8, 4) is 0 Å². The maximum absolute atomic E-state index is 10.9. The molecular weight excluding hydrogens is 178 g/mol. The van der Waals surface area contributed by atoms with E-state index in [0.717, 1.165) is 12.0 Å².